The first-order valence-corrected chi connectivity index (χ1v) is 12.0. The first kappa shape index (κ1) is 23.8. The Kier molecular flexibility index (Phi) is 6.11. The second-order valence-electron chi connectivity index (χ2n) is 9.45. The van der Waals surface area contributed by atoms with Crippen LogP contribution in [-0.2, 0) is 11.3 Å². The monoisotopic (exact) mass is 492 g/mol. The number of methoxy groups -OCH3 is 1. The Morgan fingerprint density at radius 3 is 2.64 bits per heavy atom. The molecule has 2 aliphatic heterocycles. The molecule has 2 aliphatic rings. The number of pyridine rings is 1. The number of urea groups is 1. The van der Waals surface area contributed by atoms with E-state index in [-0.39, 0.29) is 24.5 Å². The van der Waals surface area contributed by atoms with E-state index in [0.29, 0.717) is 43.9 Å². The molecule has 188 valence electrons. The summed E-state index contributed by atoms with van der Waals surface area (Å²) in [6.45, 7) is 5.30. The molecule has 3 aromatic rings. The largest absolute Gasteiger partial charge is 0.453 e. The van der Waals surface area contributed by atoms with Gasteiger partial charge in [-0.1, -0.05) is 12.1 Å². The Bertz CT molecular complexity index is 1290. The Hall–Kier alpha value is -3.95. The van der Waals surface area contributed by atoms with Crippen molar-refractivity contribution in [3.05, 3.63) is 65.4 Å². The lowest BCUT2D eigenvalue weighted by atomic mass is 9.86. The van der Waals surface area contributed by atoms with E-state index < -0.39 is 5.54 Å². The molecule has 0 bridgehead atoms. The van der Waals surface area contributed by atoms with E-state index in [9.17, 15) is 14.0 Å². The SMILES string of the molecule is COC(=O)N1CCC2(CC1)CN(c1ccc(-c3cn[nH]c3)c(C)n1)C(=O)N2Cc1cccc(F)c1C. The lowest BCUT2D eigenvalue weighted by Gasteiger charge is -2.43. The number of carbonyl (C=O) groups is 2. The number of carbonyl (C=O) groups excluding carboxylic acids is 2. The molecule has 0 aliphatic carbocycles. The van der Waals surface area contributed by atoms with Crippen molar-refractivity contribution < 1.29 is 18.7 Å². The quantitative estimate of drug-likeness (QED) is 0.587. The average molecular weight is 493 g/mol. The Morgan fingerprint density at radius 2 is 1.97 bits per heavy atom. The minimum atomic E-state index is -0.515. The molecular weight excluding hydrogens is 463 g/mol. The van der Waals surface area contributed by atoms with Gasteiger partial charge in [-0.3, -0.25) is 10.00 Å². The standard InChI is InChI=1S/C26H29FN6O3/c1-17-19(5-4-6-22(17)27)15-33-24(34)32(16-26(33)9-11-31(12-10-26)25(35)36-3)23-8-7-21(18(2)30-23)20-13-28-29-14-20/h4-8,13-14H,9-12,15-16H2,1-3H3,(H,28,29). The summed E-state index contributed by atoms with van der Waals surface area (Å²) in [5.74, 6) is 0.274. The predicted octanol–water partition coefficient (Wildman–Crippen LogP) is 4.27. The van der Waals surface area contributed by atoms with Crippen molar-refractivity contribution in [1.82, 2.24) is 25.0 Å². The van der Waals surface area contributed by atoms with Gasteiger partial charge in [0.15, 0.2) is 0 Å². The number of benzene rings is 1. The maximum Gasteiger partial charge on any atom is 0.409 e. The average Bonchev–Trinajstić information content (AvgIpc) is 3.50. The van der Waals surface area contributed by atoms with Gasteiger partial charge in [-0.2, -0.15) is 5.10 Å². The number of aromatic nitrogens is 3. The number of aromatic amines is 1. The molecule has 3 amide bonds. The number of amides is 3. The van der Waals surface area contributed by atoms with Crippen LogP contribution in [-0.4, -0.2) is 69.4 Å². The summed E-state index contributed by atoms with van der Waals surface area (Å²) in [7, 11) is 1.37. The Labute approximate surface area is 208 Å². The molecule has 1 aromatic carbocycles. The minimum absolute atomic E-state index is 0.173. The van der Waals surface area contributed by atoms with Crippen LogP contribution in [0.4, 0.5) is 19.8 Å². The molecule has 36 heavy (non-hydrogen) atoms. The van der Waals surface area contributed by atoms with Crippen LogP contribution in [0.5, 0.6) is 0 Å². The van der Waals surface area contributed by atoms with Crippen LogP contribution in [0.25, 0.3) is 11.1 Å². The maximum atomic E-state index is 14.3. The third-order valence-corrected chi connectivity index (χ3v) is 7.48. The zero-order valence-electron chi connectivity index (χ0n) is 20.6. The van der Waals surface area contributed by atoms with Gasteiger partial charge in [-0.05, 0) is 56.0 Å². The van der Waals surface area contributed by atoms with Gasteiger partial charge in [0, 0.05) is 42.7 Å². The van der Waals surface area contributed by atoms with Crippen LogP contribution in [0.15, 0.2) is 42.7 Å². The fraction of sp³-hybridized carbons (Fsp3) is 0.385. The van der Waals surface area contributed by atoms with E-state index >= 15 is 0 Å². The molecule has 0 unspecified atom stereocenters. The van der Waals surface area contributed by atoms with Gasteiger partial charge >= 0.3 is 12.1 Å². The van der Waals surface area contributed by atoms with E-state index in [1.807, 2.05) is 30.0 Å². The van der Waals surface area contributed by atoms with Gasteiger partial charge in [-0.25, -0.2) is 19.0 Å². The number of nitrogens with zero attached hydrogens (tertiary/aromatic N) is 5. The number of hydrogen-bond acceptors (Lipinski definition) is 5. The van der Waals surface area contributed by atoms with Gasteiger partial charge < -0.3 is 14.5 Å². The number of likely N-dealkylation sites (tertiary alicyclic amines) is 1. The van der Waals surface area contributed by atoms with Crippen molar-refractivity contribution in [1.29, 1.82) is 0 Å². The van der Waals surface area contributed by atoms with Crippen molar-refractivity contribution in [3.8, 4) is 11.1 Å². The fourth-order valence-electron chi connectivity index (χ4n) is 5.27. The number of hydrogen-bond donors (Lipinski definition) is 1. The topological polar surface area (TPSA) is 94.7 Å². The van der Waals surface area contributed by atoms with Crippen LogP contribution in [0.2, 0.25) is 0 Å². The smallest absolute Gasteiger partial charge is 0.409 e. The number of ether oxygens (including phenoxy) is 1. The fourth-order valence-corrected chi connectivity index (χ4v) is 5.27. The van der Waals surface area contributed by atoms with E-state index in [4.69, 9.17) is 9.72 Å². The van der Waals surface area contributed by atoms with Gasteiger partial charge in [0.1, 0.15) is 11.6 Å². The number of rotatable bonds is 4. The van der Waals surface area contributed by atoms with Crippen molar-refractivity contribution in [2.75, 3.05) is 31.6 Å². The molecule has 0 saturated carbocycles. The normalized spacial score (nSPS) is 17.2. The highest BCUT2D eigenvalue weighted by atomic mass is 19.1. The Morgan fingerprint density at radius 1 is 1.19 bits per heavy atom. The van der Waals surface area contributed by atoms with Crippen LogP contribution in [0.3, 0.4) is 0 Å². The van der Waals surface area contributed by atoms with Gasteiger partial charge in [0.25, 0.3) is 0 Å². The van der Waals surface area contributed by atoms with Crippen LogP contribution >= 0.6 is 0 Å². The van der Waals surface area contributed by atoms with Crippen LogP contribution in [0, 0.1) is 19.7 Å². The van der Waals surface area contributed by atoms with Crippen LogP contribution in [0.1, 0.15) is 29.7 Å². The third-order valence-electron chi connectivity index (χ3n) is 7.48. The zero-order valence-corrected chi connectivity index (χ0v) is 20.6. The molecule has 5 rings (SSSR count). The summed E-state index contributed by atoms with van der Waals surface area (Å²) in [5.41, 5.74) is 3.43. The molecule has 9 nitrogen and oxygen atoms in total. The molecule has 10 heteroatoms. The molecule has 2 aromatic heterocycles. The highest BCUT2D eigenvalue weighted by Gasteiger charge is 2.52. The number of H-pyrrole nitrogens is 1. The van der Waals surface area contributed by atoms with Crippen LogP contribution < -0.4 is 4.90 Å². The van der Waals surface area contributed by atoms with E-state index in [2.05, 4.69) is 10.2 Å². The molecule has 2 saturated heterocycles. The molecule has 4 heterocycles. The van der Waals surface area contributed by atoms with Gasteiger partial charge in [0.05, 0.1) is 25.4 Å². The van der Waals surface area contributed by atoms with Crippen molar-refractivity contribution in [2.45, 2.75) is 38.8 Å². The second-order valence-corrected chi connectivity index (χ2v) is 9.45. The molecular formula is C26H29FN6O3. The van der Waals surface area contributed by atoms with Crippen molar-refractivity contribution >= 4 is 17.9 Å². The number of halogens is 1. The number of anilines is 1. The first-order chi connectivity index (χ1) is 17.3. The summed E-state index contributed by atoms with van der Waals surface area (Å²) >= 11 is 0. The Balaban J connectivity index is 1.48. The highest BCUT2D eigenvalue weighted by Crippen LogP contribution is 2.40. The molecule has 2 fully saturated rings. The van der Waals surface area contributed by atoms with Crippen molar-refractivity contribution in [2.24, 2.45) is 0 Å². The summed E-state index contributed by atoms with van der Waals surface area (Å²) in [6.07, 6.45) is 4.34. The van der Waals surface area contributed by atoms with Gasteiger partial charge in [0.2, 0.25) is 0 Å². The highest BCUT2D eigenvalue weighted by molar-refractivity contribution is 5.95. The summed E-state index contributed by atoms with van der Waals surface area (Å²) < 4.78 is 19.2. The lowest BCUT2D eigenvalue weighted by Crippen LogP contribution is -2.55. The maximum absolute atomic E-state index is 14.3. The summed E-state index contributed by atoms with van der Waals surface area (Å²) in [5, 5.41) is 6.82. The molecule has 0 radical (unpaired) electrons. The number of aryl methyl sites for hydroxylation is 1. The predicted molar refractivity (Wildman–Crippen MR) is 132 cm³/mol. The molecule has 0 atom stereocenters. The minimum Gasteiger partial charge on any atom is -0.453 e. The van der Waals surface area contributed by atoms with E-state index in [0.717, 1.165) is 22.4 Å². The lowest BCUT2D eigenvalue weighted by molar-refractivity contribution is 0.0615. The van der Waals surface area contributed by atoms with Gasteiger partial charge in [-0.15, -0.1) is 0 Å². The summed E-state index contributed by atoms with van der Waals surface area (Å²) in [4.78, 5) is 35.9. The second kappa shape index (κ2) is 9.25. The van der Waals surface area contributed by atoms with E-state index in [1.165, 1.54) is 13.2 Å². The number of nitrogens with one attached hydrogen (secondary N) is 1. The zero-order chi connectivity index (χ0) is 25.4. The molecule has 1 spiro atoms. The first-order valence-electron chi connectivity index (χ1n) is 12.0. The number of piperidine rings is 1. The van der Waals surface area contributed by atoms with E-state index in [1.54, 1.807) is 35.2 Å². The van der Waals surface area contributed by atoms with Crippen molar-refractivity contribution in [3.63, 3.8) is 0 Å². The molecule has 1 N–H and O–H groups in total. The summed E-state index contributed by atoms with van der Waals surface area (Å²) in [6, 6.07) is 8.57. The third kappa shape index (κ3) is 4.06.